The van der Waals surface area contributed by atoms with Crippen molar-refractivity contribution < 1.29 is 4.39 Å². The van der Waals surface area contributed by atoms with E-state index in [0.717, 1.165) is 20.3 Å². The summed E-state index contributed by atoms with van der Waals surface area (Å²) in [5.74, 6) is -0.223. The maximum absolute atomic E-state index is 13.7. The molecule has 1 aromatic heterocycles. The maximum atomic E-state index is 13.7. The minimum absolute atomic E-state index is 0.223. The first-order valence-electron chi connectivity index (χ1n) is 5.73. The summed E-state index contributed by atoms with van der Waals surface area (Å²) in [4.78, 5) is 3.16. The minimum Gasteiger partial charge on any atom is -0.330 e. The lowest BCUT2D eigenvalue weighted by Crippen LogP contribution is -1.98. The van der Waals surface area contributed by atoms with Gasteiger partial charge in [0.2, 0.25) is 0 Å². The molecular formula is C14H10FIN2S. The van der Waals surface area contributed by atoms with Gasteiger partial charge in [-0.25, -0.2) is 4.39 Å². The molecule has 0 radical (unpaired) electrons. The molecule has 0 saturated carbocycles. The summed E-state index contributed by atoms with van der Waals surface area (Å²) in [6.45, 7) is 1.76. The molecule has 0 amide bonds. The molecule has 0 saturated heterocycles. The van der Waals surface area contributed by atoms with Gasteiger partial charge in [-0.05, 0) is 72.1 Å². The van der Waals surface area contributed by atoms with E-state index < -0.39 is 0 Å². The Hall–Kier alpha value is -1.21. The zero-order chi connectivity index (χ0) is 13.6. The van der Waals surface area contributed by atoms with E-state index in [0.29, 0.717) is 10.3 Å². The van der Waals surface area contributed by atoms with Crippen LogP contribution in [0.25, 0.3) is 16.7 Å². The Morgan fingerprint density at radius 2 is 2.05 bits per heavy atom. The quantitative estimate of drug-likeness (QED) is 0.475. The van der Waals surface area contributed by atoms with Gasteiger partial charge in [0.15, 0.2) is 4.77 Å². The smallest absolute Gasteiger partial charge is 0.182 e. The largest absolute Gasteiger partial charge is 0.330 e. The van der Waals surface area contributed by atoms with Crippen molar-refractivity contribution in [3.8, 4) is 5.69 Å². The molecule has 5 heteroatoms. The lowest BCUT2D eigenvalue weighted by molar-refractivity contribution is 0.617. The average Bonchev–Trinajstić information content (AvgIpc) is 2.68. The molecule has 2 aromatic carbocycles. The van der Waals surface area contributed by atoms with Crippen LogP contribution in [-0.4, -0.2) is 9.55 Å². The third-order valence-electron chi connectivity index (χ3n) is 3.12. The van der Waals surface area contributed by atoms with E-state index in [1.54, 1.807) is 13.0 Å². The van der Waals surface area contributed by atoms with Gasteiger partial charge in [-0.1, -0.05) is 6.07 Å². The van der Waals surface area contributed by atoms with Crippen molar-refractivity contribution in [3.63, 3.8) is 0 Å². The third kappa shape index (κ3) is 2.10. The van der Waals surface area contributed by atoms with Gasteiger partial charge in [-0.3, -0.25) is 4.57 Å². The predicted octanol–water partition coefficient (Wildman–Crippen LogP) is 4.74. The monoisotopic (exact) mass is 384 g/mol. The van der Waals surface area contributed by atoms with Crippen LogP contribution >= 0.6 is 34.8 Å². The molecule has 2 nitrogen and oxygen atoms in total. The summed E-state index contributed by atoms with van der Waals surface area (Å²) in [7, 11) is 0. The number of nitrogens with one attached hydrogen (secondary N) is 1. The van der Waals surface area contributed by atoms with Crippen molar-refractivity contribution >= 4 is 45.8 Å². The molecule has 1 heterocycles. The topological polar surface area (TPSA) is 20.7 Å². The molecule has 0 aliphatic carbocycles. The molecule has 0 aliphatic heterocycles. The number of hydrogen-bond donors (Lipinski definition) is 1. The summed E-state index contributed by atoms with van der Waals surface area (Å²) < 4.78 is 17.3. The van der Waals surface area contributed by atoms with Crippen LogP contribution < -0.4 is 0 Å². The lowest BCUT2D eigenvalue weighted by Gasteiger charge is -2.09. The number of halogens is 2. The van der Waals surface area contributed by atoms with Crippen molar-refractivity contribution in [2.45, 2.75) is 6.92 Å². The van der Waals surface area contributed by atoms with E-state index in [9.17, 15) is 4.39 Å². The van der Waals surface area contributed by atoms with Gasteiger partial charge in [0.25, 0.3) is 0 Å². The number of H-pyrrole nitrogens is 1. The second-order valence-corrected chi connectivity index (χ2v) is 5.94. The van der Waals surface area contributed by atoms with Crippen LogP contribution in [0.2, 0.25) is 0 Å². The van der Waals surface area contributed by atoms with E-state index in [1.807, 2.05) is 28.8 Å². The van der Waals surface area contributed by atoms with Crippen LogP contribution in [0, 0.1) is 21.1 Å². The number of fused-ring (bicyclic) bond motifs is 1. The summed E-state index contributed by atoms with van der Waals surface area (Å²) in [5.41, 5.74) is 3.29. The molecule has 0 fully saturated rings. The fourth-order valence-electron chi connectivity index (χ4n) is 2.16. The Morgan fingerprint density at radius 1 is 1.26 bits per heavy atom. The van der Waals surface area contributed by atoms with Gasteiger partial charge in [-0.15, -0.1) is 0 Å². The number of hydrogen-bond acceptors (Lipinski definition) is 1. The van der Waals surface area contributed by atoms with Gasteiger partial charge >= 0.3 is 0 Å². The Kier molecular flexibility index (Phi) is 3.18. The van der Waals surface area contributed by atoms with E-state index in [4.69, 9.17) is 12.2 Å². The fourth-order valence-corrected chi connectivity index (χ4v) is 2.96. The van der Waals surface area contributed by atoms with Gasteiger partial charge in [0.1, 0.15) is 5.82 Å². The molecule has 0 atom stereocenters. The Labute approximate surface area is 128 Å². The highest BCUT2D eigenvalue weighted by atomic mass is 127. The summed E-state index contributed by atoms with van der Waals surface area (Å²) in [6.07, 6.45) is 0. The van der Waals surface area contributed by atoms with E-state index in [-0.39, 0.29) is 5.82 Å². The van der Waals surface area contributed by atoms with Crippen LogP contribution in [0.5, 0.6) is 0 Å². The molecule has 3 aromatic rings. The van der Waals surface area contributed by atoms with Gasteiger partial charge < -0.3 is 4.98 Å². The Bertz CT molecular complexity index is 835. The number of benzene rings is 2. The van der Waals surface area contributed by atoms with Crippen LogP contribution in [0.1, 0.15) is 5.56 Å². The first kappa shape index (κ1) is 12.8. The normalized spacial score (nSPS) is 11.1. The molecule has 1 N–H and O–H groups in total. The van der Waals surface area contributed by atoms with Crippen molar-refractivity contribution in [1.29, 1.82) is 0 Å². The predicted molar refractivity (Wildman–Crippen MR) is 85.9 cm³/mol. The van der Waals surface area contributed by atoms with Crippen LogP contribution in [0.3, 0.4) is 0 Å². The molecule has 19 heavy (non-hydrogen) atoms. The summed E-state index contributed by atoms with van der Waals surface area (Å²) in [5, 5.41) is 0. The summed E-state index contributed by atoms with van der Waals surface area (Å²) in [6, 6.07) is 11.1. The molecule has 96 valence electrons. The standard InChI is InChI=1S/C14H10FIN2S/c1-8-10(15)3-2-4-12(8)18-13-6-5-9(16)7-11(13)17-14(18)19/h2-7H,1H3,(H,17,19). The third-order valence-corrected chi connectivity index (χ3v) is 4.08. The number of imidazole rings is 1. The van der Waals surface area contributed by atoms with Crippen LogP contribution in [-0.2, 0) is 0 Å². The zero-order valence-electron chi connectivity index (χ0n) is 10.1. The van der Waals surface area contributed by atoms with Crippen molar-refractivity contribution in [1.82, 2.24) is 9.55 Å². The second-order valence-electron chi connectivity index (χ2n) is 4.31. The highest BCUT2D eigenvalue weighted by molar-refractivity contribution is 14.1. The minimum atomic E-state index is -0.223. The zero-order valence-corrected chi connectivity index (χ0v) is 13.0. The van der Waals surface area contributed by atoms with Gasteiger partial charge in [0.05, 0.1) is 16.7 Å². The number of rotatable bonds is 1. The van der Waals surface area contributed by atoms with Crippen molar-refractivity contribution in [2.75, 3.05) is 0 Å². The average molecular weight is 384 g/mol. The highest BCUT2D eigenvalue weighted by Gasteiger charge is 2.11. The molecule has 0 bridgehead atoms. The number of nitrogens with zero attached hydrogens (tertiary/aromatic N) is 1. The van der Waals surface area contributed by atoms with E-state index in [1.165, 1.54) is 6.07 Å². The summed E-state index contributed by atoms with van der Waals surface area (Å²) >= 11 is 7.62. The number of aromatic nitrogens is 2. The maximum Gasteiger partial charge on any atom is 0.182 e. The van der Waals surface area contributed by atoms with Crippen LogP contribution in [0.15, 0.2) is 36.4 Å². The lowest BCUT2D eigenvalue weighted by atomic mass is 10.2. The molecule has 3 rings (SSSR count). The van der Waals surface area contributed by atoms with E-state index >= 15 is 0 Å². The highest BCUT2D eigenvalue weighted by Crippen LogP contribution is 2.24. The number of aromatic amines is 1. The van der Waals surface area contributed by atoms with Crippen LogP contribution in [0.4, 0.5) is 4.39 Å². The van der Waals surface area contributed by atoms with Crippen molar-refractivity contribution in [3.05, 3.63) is 56.1 Å². The SMILES string of the molecule is Cc1c(F)cccc1-n1c(=S)[nH]c2cc(I)ccc21. The Morgan fingerprint density at radius 3 is 2.84 bits per heavy atom. The van der Waals surface area contributed by atoms with Gasteiger partial charge in [0, 0.05) is 9.13 Å². The van der Waals surface area contributed by atoms with E-state index in [2.05, 4.69) is 27.6 Å². The Balaban J connectivity index is 2.40. The first-order valence-corrected chi connectivity index (χ1v) is 7.22. The molecule has 0 spiro atoms. The first-order chi connectivity index (χ1) is 9.08. The molecular weight excluding hydrogens is 374 g/mol. The fraction of sp³-hybridized carbons (Fsp3) is 0.0714. The molecule has 0 aliphatic rings. The second kappa shape index (κ2) is 4.72. The van der Waals surface area contributed by atoms with Gasteiger partial charge in [-0.2, -0.15) is 0 Å². The van der Waals surface area contributed by atoms with Crippen molar-refractivity contribution in [2.24, 2.45) is 0 Å². The molecule has 0 unspecified atom stereocenters.